The molecule has 0 saturated carbocycles. The number of alkyl carbamates (subject to hydrolysis) is 1. The van der Waals surface area contributed by atoms with Gasteiger partial charge < -0.3 is 36.2 Å². The smallest absolute Gasteiger partial charge is 0.408 e. The van der Waals surface area contributed by atoms with Crippen LogP contribution in [-0.4, -0.2) is 73.1 Å². The summed E-state index contributed by atoms with van der Waals surface area (Å²) in [7, 11) is -3.87. The van der Waals surface area contributed by atoms with E-state index in [0.717, 1.165) is 16.5 Å². The van der Waals surface area contributed by atoms with Crippen LogP contribution in [0, 0.1) is 5.92 Å². The van der Waals surface area contributed by atoms with Gasteiger partial charge in [-0.05, 0) is 60.6 Å². The van der Waals surface area contributed by atoms with Crippen LogP contribution in [-0.2, 0) is 46.8 Å². The summed E-state index contributed by atoms with van der Waals surface area (Å²) in [5.41, 5.74) is 1.53. The molecule has 3 rings (SSSR count). The molecule has 4 amide bonds. The standard InChI is InChI=1S/C37H44N4O10S/c1-25(2)34(36(47)38-23-32(43)39-28(16-20-33(44)45)21-22-52(49,50)30-11-7-4-8-12-30)41-35(46)31(19-15-26-13-17-29(42)18-14-26)40-37(48)51-24-27-9-5-3-6-10-27/h3-14,17-18,21-22,25,28,31,34,42H,15-16,19-20,23-24H2,1-2H3,(H,38,47)(H,39,43)(H,40,48)(H,41,46)(H,44,45). The predicted octanol–water partition coefficient (Wildman–Crippen LogP) is 3.21. The van der Waals surface area contributed by atoms with Crippen LogP contribution in [0.2, 0.25) is 0 Å². The highest BCUT2D eigenvalue weighted by atomic mass is 32.2. The van der Waals surface area contributed by atoms with Gasteiger partial charge in [0.15, 0.2) is 9.84 Å². The third kappa shape index (κ3) is 14.3. The first-order valence-corrected chi connectivity index (χ1v) is 18.1. The maximum Gasteiger partial charge on any atom is 0.408 e. The number of carbonyl (C=O) groups excluding carboxylic acids is 4. The van der Waals surface area contributed by atoms with Gasteiger partial charge in [0.05, 0.1) is 11.4 Å². The number of sulfone groups is 1. The van der Waals surface area contributed by atoms with Crippen molar-refractivity contribution in [3.05, 3.63) is 108 Å². The zero-order valence-corrected chi connectivity index (χ0v) is 29.7. The molecule has 0 bridgehead atoms. The van der Waals surface area contributed by atoms with E-state index in [2.05, 4.69) is 21.3 Å². The molecule has 15 heteroatoms. The monoisotopic (exact) mass is 736 g/mol. The van der Waals surface area contributed by atoms with Gasteiger partial charge in [-0.25, -0.2) is 13.2 Å². The average molecular weight is 737 g/mol. The number of carboxylic acid groups (broad SMARTS) is 1. The van der Waals surface area contributed by atoms with Gasteiger partial charge in [-0.2, -0.15) is 0 Å². The van der Waals surface area contributed by atoms with Crippen LogP contribution in [0.1, 0.15) is 44.2 Å². The van der Waals surface area contributed by atoms with Gasteiger partial charge in [-0.3, -0.25) is 19.2 Å². The Labute approximate surface area is 302 Å². The second kappa shape index (κ2) is 20.2. The summed E-state index contributed by atoms with van der Waals surface area (Å²) in [4.78, 5) is 63.5. The summed E-state index contributed by atoms with van der Waals surface area (Å²) in [6, 6.07) is 19.6. The Morgan fingerprint density at radius 3 is 2.04 bits per heavy atom. The average Bonchev–Trinajstić information content (AvgIpc) is 3.12. The van der Waals surface area contributed by atoms with Crippen molar-refractivity contribution in [3.8, 4) is 5.75 Å². The Kier molecular flexibility index (Phi) is 15.8. The minimum absolute atomic E-state index is 0.0190. The van der Waals surface area contributed by atoms with Crippen molar-refractivity contribution in [3.63, 3.8) is 0 Å². The molecule has 0 aromatic heterocycles. The van der Waals surface area contributed by atoms with Crippen molar-refractivity contribution in [2.45, 2.75) is 69.2 Å². The van der Waals surface area contributed by atoms with Crippen LogP contribution in [0.3, 0.4) is 0 Å². The van der Waals surface area contributed by atoms with Crippen molar-refractivity contribution >= 4 is 39.6 Å². The lowest BCUT2D eigenvalue weighted by molar-refractivity contribution is -0.137. The third-order valence-corrected chi connectivity index (χ3v) is 9.17. The molecule has 0 aliphatic heterocycles. The van der Waals surface area contributed by atoms with E-state index in [-0.39, 0.29) is 36.5 Å². The number of amides is 4. The van der Waals surface area contributed by atoms with Crippen LogP contribution in [0.4, 0.5) is 4.79 Å². The molecule has 0 heterocycles. The number of benzene rings is 3. The van der Waals surface area contributed by atoms with Crippen LogP contribution in [0.25, 0.3) is 0 Å². The van der Waals surface area contributed by atoms with Crippen molar-refractivity contribution < 1.29 is 47.3 Å². The van der Waals surface area contributed by atoms with E-state index in [1.165, 1.54) is 30.3 Å². The highest BCUT2D eigenvalue weighted by Crippen LogP contribution is 2.14. The summed E-state index contributed by atoms with van der Waals surface area (Å²) >= 11 is 0. The largest absolute Gasteiger partial charge is 0.508 e. The molecule has 0 spiro atoms. The molecule has 278 valence electrons. The number of carboxylic acids is 1. The fraction of sp³-hybridized carbons (Fsp3) is 0.324. The Balaban J connectivity index is 1.64. The number of rotatable bonds is 19. The van der Waals surface area contributed by atoms with Gasteiger partial charge in [0.25, 0.3) is 0 Å². The Morgan fingerprint density at radius 2 is 1.42 bits per heavy atom. The lowest BCUT2D eigenvalue weighted by Crippen LogP contribution is -2.56. The fourth-order valence-electron chi connectivity index (χ4n) is 4.86. The molecule has 52 heavy (non-hydrogen) atoms. The first kappa shape index (κ1) is 40.7. The van der Waals surface area contributed by atoms with E-state index in [4.69, 9.17) is 9.84 Å². The maximum atomic E-state index is 13.5. The van der Waals surface area contributed by atoms with Gasteiger partial charge in [-0.1, -0.05) is 80.6 Å². The zero-order chi connectivity index (χ0) is 38.1. The Bertz CT molecular complexity index is 1780. The number of phenols is 1. The highest BCUT2D eigenvalue weighted by molar-refractivity contribution is 7.94. The predicted molar refractivity (Wildman–Crippen MR) is 191 cm³/mol. The van der Waals surface area contributed by atoms with Crippen molar-refractivity contribution in [2.24, 2.45) is 5.92 Å². The van der Waals surface area contributed by atoms with E-state index >= 15 is 0 Å². The first-order valence-electron chi connectivity index (χ1n) is 16.6. The lowest BCUT2D eigenvalue weighted by Gasteiger charge is -2.25. The second-order valence-electron chi connectivity index (χ2n) is 12.2. The molecule has 0 radical (unpaired) electrons. The summed E-state index contributed by atoms with van der Waals surface area (Å²) in [5, 5.41) is 29.8. The van der Waals surface area contributed by atoms with E-state index in [0.29, 0.717) is 6.42 Å². The molecule has 6 N–H and O–H groups in total. The van der Waals surface area contributed by atoms with Crippen molar-refractivity contribution in [1.82, 2.24) is 21.3 Å². The van der Waals surface area contributed by atoms with Gasteiger partial charge >= 0.3 is 12.1 Å². The Morgan fingerprint density at radius 1 is 0.788 bits per heavy atom. The quantitative estimate of drug-likeness (QED) is 0.106. The summed E-state index contributed by atoms with van der Waals surface area (Å²) < 4.78 is 30.7. The topological polar surface area (TPSA) is 217 Å². The molecule has 3 aromatic rings. The van der Waals surface area contributed by atoms with Gasteiger partial charge in [0, 0.05) is 17.9 Å². The minimum Gasteiger partial charge on any atom is -0.508 e. The molecule has 0 fully saturated rings. The number of aryl methyl sites for hydroxylation is 1. The van der Waals surface area contributed by atoms with E-state index < -0.39 is 70.2 Å². The maximum absolute atomic E-state index is 13.5. The number of hydrogen-bond donors (Lipinski definition) is 6. The molecular weight excluding hydrogens is 692 g/mol. The normalized spacial score (nSPS) is 13.1. The summed E-state index contributed by atoms with van der Waals surface area (Å²) in [6.45, 7) is 2.76. The Hall–Kier alpha value is -5.70. The molecule has 3 aromatic carbocycles. The minimum atomic E-state index is -3.87. The van der Waals surface area contributed by atoms with Gasteiger partial charge in [0.1, 0.15) is 24.4 Å². The van der Waals surface area contributed by atoms with Crippen molar-refractivity contribution in [2.75, 3.05) is 6.54 Å². The first-order chi connectivity index (χ1) is 24.7. The second-order valence-corrected chi connectivity index (χ2v) is 14.0. The molecule has 3 atom stereocenters. The van der Waals surface area contributed by atoms with E-state index in [1.54, 1.807) is 68.4 Å². The van der Waals surface area contributed by atoms with Gasteiger partial charge in [-0.15, -0.1) is 0 Å². The number of aliphatic carboxylic acids is 1. The molecule has 0 aliphatic carbocycles. The van der Waals surface area contributed by atoms with Crippen LogP contribution < -0.4 is 21.3 Å². The highest BCUT2D eigenvalue weighted by Gasteiger charge is 2.29. The summed E-state index contributed by atoms with van der Waals surface area (Å²) in [6.07, 6.45) is 0.304. The van der Waals surface area contributed by atoms with E-state index in [1.807, 2.05) is 6.07 Å². The van der Waals surface area contributed by atoms with Gasteiger partial charge in [0.2, 0.25) is 17.7 Å². The summed E-state index contributed by atoms with van der Waals surface area (Å²) in [5.74, 6) is -3.64. The molecular formula is C37H44N4O10S. The molecule has 0 aliphatic rings. The lowest BCUT2D eigenvalue weighted by atomic mass is 10.0. The number of hydrogen-bond acceptors (Lipinski definition) is 9. The van der Waals surface area contributed by atoms with E-state index in [9.17, 15) is 37.5 Å². The number of phenolic OH excluding ortho intramolecular Hbond substituents is 1. The van der Waals surface area contributed by atoms with Crippen LogP contribution in [0.5, 0.6) is 5.75 Å². The number of carbonyl (C=O) groups is 5. The number of aromatic hydroxyl groups is 1. The molecule has 3 unspecified atom stereocenters. The molecule has 14 nitrogen and oxygen atoms in total. The zero-order valence-electron chi connectivity index (χ0n) is 28.9. The third-order valence-electron chi connectivity index (χ3n) is 7.73. The number of ether oxygens (including phenoxy) is 1. The van der Waals surface area contributed by atoms with Crippen LogP contribution in [0.15, 0.2) is 101 Å². The fourth-order valence-corrected chi connectivity index (χ4v) is 5.95. The van der Waals surface area contributed by atoms with Crippen molar-refractivity contribution in [1.29, 1.82) is 0 Å². The number of nitrogens with one attached hydrogen (secondary N) is 4. The SMILES string of the molecule is CC(C)C(NC(=O)C(CCc1ccc(O)cc1)NC(=O)OCc1ccccc1)C(=O)NCC(=O)NC(C=CS(=O)(=O)c1ccccc1)CCC(=O)O. The van der Waals surface area contributed by atoms with Crippen LogP contribution >= 0.6 is 0 Å². The molecule has 0 saturated heterocycles.